The van der Waals surface area contributed by atoms with Crippen LogP contribution >= 0.6 is 0 Å². The highest BCUT2D eigenvalue weighted by Crippen LogP contribution is 2.34. The molecule has 1 unspecified atom stereocenters. The van der Waals surface area contributed by atoms with Crippen molar-refractivity contribution in [3.8, 4) is 5.75 Å². The average molecular weight is 271 g/mol. The van der Waals surface area contributed by atoms with Gasteiger partial charge in [-0.15, -0.1) is 0 Å². The quantitative estimate of drug-likeness (QED) is 0.789. The fraction of sp³-hybridized carbons (Fsp3) is 0.143. The van der Waals surface area contributed by atoms with Crippen LogP contribution in [-0.2, 0) is 0 Å². The maximum Gasteiger partial charge on any atom is 0.339 e. The van der Waals surface area contributed by atoms with Crippen molar-refractivity contribution in [2.24, 2.45) is 0 Å². The Morgan fingerprint density at radius 2 is 2.25 bits per heavy atom. The lowest BCUT2D eigenvalue weighted by atomic mass is 10.1. The number of pyridine rings is 1. The van der Waals surface area contributed by atoms with Gasteiger partial charge in [0, 0.05) is 5.56 Å². The zero-order valence-electron chi connectivity index (χ0n) is 10.5. The number of nitrogens with two attached hydrogens (primary N) is 1. The summed E-state index contributed by atoms with van der Waals surface area (Å²) in [6, 6.07) is 8.89. The van der Waals surface area contributed by atoms with E-state index in [0.717, 1.165) is 11.3 Å². The molecule has 102 valence electrons. The molecule has 2 aromatic rings. The summed E-state index contributed by atoms with van der Waals surface area (Å²) in [5, 5.41) is 12.3. The molecule has 0 aliphatic carbocycles. The molecule has 3 rings (SSSR count). The molecule has 0 amide bonds. The highest BCUT2D eigenvalue weighted by atomic mass is 16.5. The van der Waals surface area contributed by atoms with E-state index in [0.29, 0.717) is 12.3 Å². The molecule has 4 N–H and O–H groups in total. The summed E-state index contributed by atoms with van der Waals surface area (Å²) in [4.78, 5) is 15.3. The second-order valence-corrected chi connectivity index (χ2v) is 4.52. The first kappa shape index (κ1) is 12.3. The van der Waals surface area contributed by atoms with E-state index in [1.54, 1.807) is 0 Å². The van der Waals surface area contributed by atoms with E-state index < -0.39 is 5.97 Å². The third-order valence-electron chi connectivity index (χ3n) is 3.15. The number of carboxylic acid groups (broad SMARTS) is 1. The Balaban J connectivity index is 1.92. The second kappa shape index (κ2) is 4.73. The summed E-state index contributed by atoms with van der Waals surface area (Å²) in [6.07, 6.45) is 1.43. The molecule has 1 aromatic carbocycles. The Kier molecular flexibility index (Phi) is 2.90. The van der Waals surface area contributed by atoms with Crippen molar-refractivity contribution in [2.75, 3.05) is 17.7 Å². The molecule has 0 saturated heterocycles. The first-order valence-corrected chi connectivity index (χ1v) is 6.12. The molecule has 0 fully saturated rings. The summed E-state index contributed by atoms with van der Waals surface area (Å²) in [7, 11) is 0. The van der Waals surface area contributed by atoms with Crippen LogP contribution in [0.3, 0.4) is 0 Å². The van der Waals surface area contributed by atoms with E-state index in [1.165, 1.54) is 12.3 Å². The fourth-order valence-corrected chi connectivity index (χ4v) is 2.21. The van der Waals surface area contributed by atoms with Gasteiger partial charge in [-0.1, -0.05) is 18.2 Å². The van der Waals surface area contributed by atoms with Crippen molar-refractivity contribution in [3.63, 3.8) is 0 Å². The summed E-state index contributed by atoms with van der Waals surface area (Å²) in [6.45, 7) is 0.435. The van der Waals surface area contributed by atoms with Gasteiger partial charge in [-0.25, -0.2) is 9.78 Å². The molecule has 1 aromatic heterocycles. The number of nitrogen functional groups attached to an aromatic ring is 1. The number of carboxylic acids is 1. The number of hydrogen-bond acceptors (Lipinski definition) is 5. The molecule has 0 saturated carbocycles. The maximum absolute atomic E-state index is 11.2. The molecule has 0 bridgehead atoms. The number of fused-ring (bicyclic) bond motifs is 1. The van der Waals surface area contributed by atoms with Gasteiger partial charge in [-0.05, 0) is 12.1 Å². The van der Waals surface area contributed by atoms with Gasteiger partial charge in [-0.2, -0.15) is 0 Å². The third-order valence-corrected chi connectivity index (χ3v) is 3.15. The highest BCUT2D eigenvalue weighted by Gasteiger charge is 2.25. The highest BCUT2D eigenvalue weighted by molar-refractivity contribution is 5.94. The van der Waals surface area contributed by atoms with Crippen LogP contribution in [0.1, 0.15) is 22.0 Å². The lowest BCUT2D eigenvalue weighted by molar-refractivity contribution is 0.0697. The van der Waals surface area contributed by atoms with Crippen molar-refractivity contribution in [2.45, 2.75) is 6.04 Å². The standard InChI is InChI=1S/C14H13N3O3/c15-8-5-10(14(18)19)13(16-6-8)17-11-7-20-12-4-2-1-3-9(11)12/h1-6,11H,7,15H2,(H,16,17)(H,18,19). The van der Waals surface area contributed by atoms with Gasteiger partial charge in [0.1, 0.15) is 23.7 Å². The number of anilines is 2. The summed E-state index contributed by atoms with van der Waals surface area (Å²) < 4.78 is 5.54. The summed E-state index contributed by atoms with van der Waals surface area (Å²) in [5.41, 5.74) is 6.93. The molecule has 6 nitrogen and oxygen atoms in total. The minimum atomic E-state index is -1.07. The van der Waals surface area contributed by atoms with Gasteiger partial charge in [0.15, 0.2) is 0 Å². The molecular formula is C14H13N3O3. The van der Waals surface area contributed by atoms with Crippen LogP contribution in [0.5, 0.6) is 5.75 Å². The van der Waals surface area contributed by atoms with Crippen LogP contribution in [0.2, 0.25) is 0 Å². The summed E-state index contributed by atoms with van der Waals surface area (Å²) >= 11 is 0. The van der Waals surface area contributed by atoms with E-state index in [1.807, 2.05) is 24.3 Å². The van der Waals surface area contributed by atoms with Crippen molar-refractivity contribution >= 4 is 17.5 Å². The monoisotopic (exact) mass is 271 g/mol. The maximum atomic E-state index is 11.2. The van der Waals surface area contributed by atoms with Crippen molar-refractivity contribution < 1.29 is 14.6 Å². The predicted molar refractivity (Wildman–Crippen MR) is 73.9 cm³/mol. The van der Waals surface area contributed by atoms with Crippen LogP contribution in [-0.4, -0.2) is 22.7 Å². The van der Waals surface area contributed by atoms with Crippen LogP contribution in [0.25, 0.3) is 0 Å². The second-order valence-electron chi connectivity index (χ2n) is 4.52. The predicted octanol–water partition coefficient (Wildman–Crippen LogP) is 1.91. The number of para-hydroxylation sites is 1. The SMILES string of the molecule is Nc1cnc(NC2COc3ccccc32)c(C(=O)O)c1. The number of ether oxygens (including phenoxy) is 1. The molecule has 1 atom stereocenters. The van der Waals surface area contributed by atoms with Gasteiger partial charge in [0.25, 0.3) is 0 Å². The fourth-order valence-electron chi connectivity index (χ4n) is 2.21. The molecule has 0 radical (unpaired) electrons. The Morgan fingerprint density at radius 3 is 3.05 bits per heavy atom. The molecule has 2 heterocycles. The number of benzene rings is 1. The lowest BCUT2D eigenvalue weighted by Gasteiger charge is -2.14. The first-order chi connectivity index (χ1) is 9.65. The molecular weight excluding hydrogens is 258 g/mol. The minimum Gasteiger partial charge on any atom is -0.491 e. The normalized spacial score (nSPS) is 16.3. The van der Waals surface area contributed by atoms with Crippen LogP contribution in [0, 0.1) is 0 Å². The Morgan fingerprint density at radius 1 is 1.45 bits per heavy atom. The Hall–Kier alpha value is -2.76. The van der Waals surface area contributed by atoms with Gasteiger partial charge in [0.05, 0.1) is 17.9 Å². The minimum absolute atomic E-state index is 0.0504. The van der Waals surface area contributed by atoms with Crippen molar-refractivity contribution in [1.82, 2.24) is 4.98 Å². The smallest absolute Gasteiger partial charge is 0.339 e. The number of aromatic nitrogens is 1. The third kappa shape index (κ3) is 2.11. The Bertz CT molecular complexity index is 672. The number of aromatic carboxylic acids is 1. The van der Waals surface area contributed by atoms with Crippen LogP contribution < -0.4 is 15.8 Å². The zero-order chi connectivity index (χ0) is 14.1. The lowest BCUT2D eigenvalue weighted by Crippen LogP contribution is -2.16. The molecule has 1 aliphatic rings. The number of nitrogens with one attached hydrogen (secondary N) is 1. The van der Waals surface area contributed by atoms with E-state index in [4.69, 9.17) is 10.5 Å². The van der Waals surface area contributed by atoms with Crippen molar-refractivity contribution in [1.29, 1.82) is 0 Å². The van der Waals surface area contributed by atoms with E-state index in [2.05, 4.69) is 10.3 Å². The largest absolute Gasteiger partial charge is 0.491 e. The topological polar surface area (TPSA) is 97.5 Å². The molecule has 1 aliphatic heterocycles. The number of nitrogens with zero attached hydrogens (tertiary/aromatic N) is 1. The van der Waals surface area contributed by atoms with Crippen LogP contribution in [0.4, 0.5) is 11.5 Å². The summed E-state index contributed by atoms with van der Waals surface area (Å²) in [5.74, 6) is 0.0221. The van der Waals surface area contributed by atoms with Gasteiger partial charge in [0.2, 0.25) is 0 Å². The Labute approximate surface area is 115 Å². The number of carbonyl (C=O) groups is 1. The average Bonchev–Trinajstić information content (AvgIpc) is 2.84. The van der Waals surface area contributed by atoms with Crippen molar-refractivity contribution in [3.05, 3.63) is 47.7 Å². The van der Waals surface area contributed by atoms with Gasteiger partial charge >= 0.3 is 5.97 Å². The number of rotatable bonds is 3. The van der Waals surface area contributed by atoms with E-state index in [9.17, 15) is 9.90 Å². The van der Waals surface area contributed by atoms with Gasteiger partial charge < -0.3 is 20.9 Å². The first-order valence-electron chi connectivity index (χ1n) is 6.12. The zero-order valence-corrected chi connectivity index (χ0v) is 10.5. The van der Waals surface area contributed by atoms with Gasteiger partial charge in [-0.3, -0.25) is 0 Å². The molecule has 0 spiro atoms. The molecule has 6 heteroatoms. The van der Waals surface area contributed by atoms with Crippen LogP contribution in [0.15, 0.2) is 36.5 Å². The van der Waals surface area contributed by atoms with E-state index in [-0.39, 0.29) is 17.4 Å². The van der Waals surface area contributed by atoms with E-state index >= 15 is 0 Å². The molecule has 20 heavy (non-hydrogen) atoms. The number of hydrogen-bond donors (Lipinski definition) is 3.